The highest BCUT2D eigenvalue weighted by molar-refractivity contribution is 7.92. The molecule has 2 aromatic carbocycles. The zero-order valence-electron chi connectivity index (χ0n) is 14.3. The number of para-hydroxylation sites is 1. The van der Waals surface area contributed by atoms with Crippen molar-refractivity contribution in [2.24, 2.45) is 0 Å². The summed E-state index contributed by atoms with van der Waals surface area (Å²) in [5.41, 5.74) is 1.40. The van der Waals surface area contributed by atoms with Gasteiger partial charge in [0.1, 0.15) is 11.6 Å². The number of pyridine rings is 1. The highest BCUT2D eigenvalue weighted by Gasteiger charge is 2.18. The van der Waals surface area contributed by atoms with Gasteiger partial charge in [-0.3, -0.25) is 4.72 Å². The number of nitrogens with zero attached hydrogens (tertiary/aromatic N) is 3. The third kappa shape index (κ3) is 3.39. The lowest BCUT2D eigenvalue weighted by atomic mass is 10.2. The van der Waals surface area contributed by atoms with Crippen molar-refractivity contribution in [3.63, 3.8) is 0 Å². The molecule has 4 aromatic rings. The predicted molar refractivity (Wildman–Crippen MR) is 101 cm³/mol. The molecule has 0 saturated heterocycles. The third-order valence-electron chi connectivity index (χ3n) is 4.00. The maximum atomic E-state index is 13.1. The molecule has 0 amide bonds. The van der Waals surface area contributed by atoms with Crippen LogP contribution in [0.3, 0.4) is 0 Å². The normalized spacial score (nSPS) is 11.6. The Hall–Kier alpha value is -3.26. The van der Waals surface area contributed by atoms with Crippen LogP contribution in [0.2, 0.25) is 0 Å². The van der Waals surface area contributed by atoms with E-state index in [1.807, 2.05) is 30.3 Å². The van der Waals surface area contributed by atoms with Crippen molar-refractivity contribution in [1.82, 2.24) is 14.8 Å². The number of hydrogen-bond donors (Lipinski definition) is 1. The number of nitrogens with one attached hydrogen (secondary N) is 1. The summed E-state index contributed by atoms with van der Waals surface area (Å²) in [4.78, 5) is 4.51. The molecule has 2 aromatic heterocycles. The van der Waals surface area contributed by atoms with E-state index >= 15 is 0 Å². The highest BCUT2D eigenvalue weighted by atomic mass is 32.2. The van der Waals surface area contributed by atoms with Crippen LogP contribution in [0.1, 0.15) is 5.69 Å². The van der Waals surface area contributed by atoms with E-state index in [1.54, 1.807) is 19.1 Å². The van der Waals surface area contributed by atoms with Gasteiger partial charge in [0, 0.05) is 11.5 Å². The lowest BCUT2D eigenvalue weighted by Crippen LogP contribution is -2.16. The van der Waals surface area contributed by atoms with E-state index < -0.39 is 15.8 Å². The minimum absolute atomic E-state index is 0.0410. The first-order valence-corrected chi connectivity index (χ1v) is 9.62. The molecule has 8 heteroatoms. The van der Waals surface area contributed by atoms with E-state index in [2.05, 4.69) is 14.8 Å². The predicted octanol–water partition coefficient (Wildman–Crippen LogP) is 3.67. The van der Waals surface area contributed by atoms with Crippen molar-refractivity contribution >= 4 is 26.7 Å². The summed E-state index contributed by atoms with van der Waals surface area (Å²) in [6, 6.07) is 17.5. The van der Waals surface area contributed by atoms with Crippen LogP contribution >= 0.6 is 0 Å². The van der Waals surface area contributed by atoms with Gasteiger partial charge in [0.25, 0.3) is 10.0 Å². The van der Waals surface area contributed by atoms with E-state index in [4.69, 9.17) is 0 Å². The van der Waals surface area contributed by atoms with Gasteiger partial charge >= 0.3 is 0 Å². The Morgan fingerprint density at radius 3 is 2.52 bits per heavy atom. The van der Waals surface area contributed by atoms with Crippen molar-refractivity contribution in [3.8, 4) is 5.82 Å². The number of anilines is 1. The molecular weight excluding hydrogens is 367 g/mol. The summed E-state index contributed by atoms with van der Waals surface area (Å²) in [5.74, 6) is 0.230. The Morgan fingerprint density at radius 1 is 1.00 bits per heavy atom. The van der Waals surface area contributed by atoms with Crippen LogP contribution in [0.25, 0.3) is 16.7 Å². The van der Waals surface area contributed by atoms with Crippen LogP contribution in [0.4, 0.5) is 10.2 Å². The molecule has 1 N–H and O–H groups in total. The van der Waals surface area contributed by atoms with Crippen molar-refractivity contribution in [3.05, 3.63) is 78.2 Å². The molecule has 27 heavy (non-hydrogen) atoms. The van der Waals surface area contributed by atoms with Crippen molar-refractivity contribution < 1.29 is 12.8 Å². The van der Waals surface area contributed by atoms with Gasteiger partial charge in [-0.25, -0.2) is 17.8 Å². The molecule has 0 unspecified atom stereocenters. The molecule has 0 aliphatic heterocycles. The number of hydrogen-bond acceptors (Lipinski definition) is 4. The van der Waals surface area contributed by atoms with E-state index in [-0.39, 0.29) is 10.7 Å². The number of aromatic nitrogens is 3. The van der Waals surface area contributed by atoms with Gasteiger partial charge < -0.3 is 0 Å². The van der Waals surface area contributed by atoms with E-state index in [0.717, 1.165) is 23.0 Å². The Balaban J connectivity index is 1.75. The maximum absolute atomic E-state index is 13.1. The fourth-order valence-electron chi connectivity index (χ4n) is 2.73. The lowest BCUT2D eigenvalue weighted by Gasteiger charge is -2.10. The summed E-state index contributed by atoms with van der Waals surface area (Å²) in [5, 5.41) is 5.32. The van der Waals surface area contributed by atoms with Crippen molar-refractivity contribution in [1.29, 1.82) is 0 Å². The molecule has 2 heterocycles. The monoisotopic (exact) mass is 382 g/mol. The standard InChI is InChI=1S/C19H15FN4O2S/c1-13-12-19(23-27(25,26)16-9-7-15(20)8-10-16)24(22-13)18-11-6-14-4-2-3-5-17(14)21-18/h2-12,23H,1H3. The minimum atomic E-state index is -3.90. The topological polar surface area (TPSA) is 76.9 Å². The minimum Gasteiger partial charge on any atom is -0.263 e. The smallest absolute Gasteiger partial charge is 0.263 e. The van der Waals surface area contributed by atoms with E-state index in [0.29, 0.717) is 11.5 Å². The van der Waals surface area contributed by atoms with Gasteiger partial charge in [0.2, 0.25) is 0 Å². The molecule has 0 spiro atoms. The molecule has 0 atom stereocenters. The van der Waals surface area contributed by atoms with Gasteiger partial charge in [0.05, 0.1) is 16.1 Å². The molecular formula is C19H15FN4O2S. The fraction of sp³-hybridized carbons (Fsp3) is 0.0526. The maximum Gasteiger partial charge on any atom is 0.263 e. The summed E-state index contributed by atoms with van der Waals surface area (Å²) >= 11 is 0. The Morgan fingerprint density at radius 2 is 1.74 bits per heavy atom. The average molecular weight is 382 g/mol. The number of aryl methyl sites for hydroxylation is 1. The van der Waals surface area contributed by atoms with Crippen LogP contribution in [0, 0.1) is 12.7 Å². The van der Waals surface area contributed by atoms with Crippen LogP contribution in [-0.2, 0) is 10.0 Å². The number of fused-ring (bicyclic) bond motifs is 1. The summed E-state index contributed by atoms with van der Waals surface area (Å²) in [6.07, 6.45) is 0. The first-order chi connectivity index (χ1) is 12.9. The average Bonchev–Trinajstić information content (AvgIpc) is 3.01. The zero-order chi connectivity index (χ0) is 19.0. The number of rotatable bonds is 4. The van der Waals surface area contributed by atoms with Crippen LogP contribution in [-0.4, -0.2) is 23.2 Å². The van der Waals surface area contributed by atoms with Gasteiger partial charge in [-0.2, -0.15) is 9.78 Å². The molecule has 0 saturated carbocycles. The summed E-state index contributed by atoms with van der Waals surface area (Å²) in [6.45, 7) is 1.76. The second-order valence-electron chi connectivity index (χ2n) is 6.00. The molecule has 0 radical (unpaired) electrons. The molecule has 0 bridgehead atoms. The van der Waals surface area contributed by atoms with Crippen molar-refractivity contribution in [2.45, 2.75) is 11.8 Å². The second-order valence-corrected chi connectivity index (χ2v) is 7.69. The first-order valence-electron chi connectivity index (χ1n) is 8.14. The van der Waals surface area contributed by atoms with Gasteiger partial charge in [-0.05, 0) is 49.4 Å². The Kier molecular flexibility index (Phi) is 4.12. The van der Waals surface area contributed by atoms with Gasteiger partial charge in [-0.1, -0.05) is 18.2 Å². The van der Waals surface area contributed by atoms with Gasteiger partial charge in [0.15, 0.2) is 5.82 Å². The quantitative estimate of drug-likeness (QED) is 0.584. The van der Waals surface area contributed by atoms with E-state index in [9.17, 15) is 12.8 Å². The van der Waals surface area contributed by atoms with Crippen molar-refractivity contribution in [2.75, 3.05) is 4.72 Å². The molecule has 136 valence electrons. The second kappa shape index (κ2) is 6.48. The van der Waals surface area contributed by atoms with Crippen LogP contribution in [0.5, 0.6) is 0 Å². The summed E-state index contributed by atoms with van der Waals surface area (Å²) < 4.78 is 42.3. The molecule has 0 fully saturated rings. The van der Waals surface area contributed by atoms with Gasteiger partial charge in [-0.15, -0.1) is 0 Å². The van der Waals surface area contributed by atoms with Crippen LogP contribution < -0.4 is 4.72 Å². The Bertz CT molecular complexity index is 1230. The van der Waals surface area contributed by atoms with Crippen LogP contribution in [0.15, 0.2) is 71.6 Å². The number of benzene rings is 2. The molecule has 0 aliphatic carbocycles. The first kappa shape index (κ1) is 17.2. The zero-order valence-corrected chi connectivity index (χ0v) is 15.1. The highest BCUT2D eigenvalue weighted by Crippen LogP contribution is 2.22. The lowest BCUT2D eigenvalue weighted by molar-refractivity contribution is 0.599. The molecule has 0 aliphatic rings. The SMILES string of the molecule is Cc1cc(NS(=O)(=O)c2ccc(F)cc2)n(-c2ccc3ccccc3n2)n1. The number of halogens is 1. The van der Waals surface area contributed by atoms with E-state index in [1.165, 1.54) is 16.8 Å². The number of sulfonamides is 1. The fourth-order valence-corrected chi connectivity index (χ4v) is 3.76. The Labute approximate surface area is 155 Å². The third-order valence-corrected chi connectivity index (χ3v) is 5.37. The summed E-state index contributed by atoms with van der Waals surface area (Å²) in [7, 11) is -3.90. The molecule has 6 nitrogen and oxygen atoms in total. The molecule has 4 rings (SSSR count). The largest absolute Gasteiger partial charge is 0.263 e.